The number of aryl methyl sites for hydroxylation is 2. The molecule has 1 fully saturated rings. The molecule has 9 heteroatoms. The van der Waals surface area contributed by atoms with Gasteiger partial charge in [0.05, 0.1) is 23.2 Å². The minimum Gasteiger partial charge on any atom is -0.282 e. The molecule has 8 nitrogen and oxygen atoms in total. The maximum absolute atomic E-state index is 11.9. The lowest BCUT2D eigenvalue weighted by Gasteiger charge is -2.11. The Morgan fingerprint density at radius 2 is 2.04 bits per heavy atom. The minimum atomic E-state index is -3.01. The first kappa shape index (κ1) is 16.9. The zero-order valence-corrected chi connectivity index (χ0v) is 15.5. The predicted octanol–water partition coefficient (Wildman–Crippen LogP) is 1.63. The first-order chi connectivity index (χ1) is 12.4. The second kappa shape index (κ2) is 6.31. The van der Waals surface area contributed by atoms with Crippen molar-refractivity contribution in [2.45, 2.75) is 32.7 Å². The van der Waals surface area contributed by atoms with Gasteiger partial charge in [-0.1, -0.05) is 0 Å². The average Bonchev–Trinajstić information content (AvgIpc) is 3.29. The molecule has 0 aliphatic carbocycles. The van der Waals surface area contributed by atoms with E-state index in [4.69, 9.17) is 4.98 Å². The smallest absolute Gasteiger partial charge is 0.181 e. The Morgan fingerprint density at radius 1 is 1.27 bits per heavy atom. The quantitative estimate of drug-likeness (QED) is 0.746. The van der Waals surface area contributed by atoms with Crippen LogP contribution in [0.1, 0.15) is 35.2 Å². The molecule has 1 aliphatic rings. The standard InChI is InChI=1S/C17H20N6O2S/c1-11-15(12(2)21-20-11)9-16-19-17(13-3-6-18-7-4-13)22-23(16)14-5-8-26(24,25)10-14/h3-4,6-7,14H,5,8-10H2,1-2H3,(H,20,21)/t14-/m1/s1. The van der Waals surface area contributed by atoms with Gasteiger partial charge in [-0.2, -0.15) is 10.2 Å². The molecule has 3 aromatic rings. The fraction of sp³-hybridized carbons (Fsp3) is 0.412. The summed E-state index contributed by atoms with van der Waals surface area (Å²) in [6, 6.07) is 3.53. The summed E-state index contributed by atoms with van der Waals surface area (Å²) in [5.74, 6) is 1.66. The Kier molecular flexibility index (Phi) is 4.10. The van der Waals surface area contributed by atoms with E-state index in [1.807, 2.05) is 26.0 Å². The maximum Gasteiger partial charge on any atom is 0.181 e. The van der Waals surface area contributed by atoms with Crippen molar-refractivity contribution in [1.82, 2.24) is 29.9 Å². The number of hydrogen-bond acceptors (Lipinski definition) is 6. The van der Waals surface area contributed by atoms with Gasteiger partial charge in [0.15, 0.2) is 15.7 Å². The second-order valence-corrected chi connectivity index (χ2v) is 8.91. The summed E-state index contributed by atoms with van der Waals surface area (Å²) < 4.78 is 25.7. The lowest BCUT2D eigenvalue weighted by Crippen LogP contribution is -2.16. The number of sulfone groups is 1. The van der Waals surface area contributed by atoms with E-state index in [0.29, 0.717) is 18.7 Å². The van der Waals surface area contributed by atoms with Gasteiger partial charge in [0.25, 0.3) is 0 Å². The van der Waals surface area contributed by atoms with Crippen LogP contribution in [0.25, 0.3) is 11.4 Å². The highest BCUT2D eigenvalue weighted by molar-refractivity contribution is 7.91. The van der Waals surface area contributed by atoms with E-state index >= 15 is 0 Å². The Balaban J connectivity index is 1.77. The molecule has 1 saturated heterocycles. The molecule has 4 heterocycles. The third-order valence-electron chi connectivity index (χ3n) is 4.81. The lowest BCUT2D eigenvalue weighted by atomic mass is 10.1. The van der Waals surface area contributed by atoms with Crippen molar-refractivity contribution in [2.24, 2.45) is 0 Å². The molecule has 0 bridgehead atoms. The summed E-state index contributed by atoms with van der Waals surface area (Å²) in [6.45, 7) is 3.92. The number of pyridine rings is 1. The third-order valence-corrected chi connectivity index (χ3v) is 6.56. The van der Waals surface area contributed by atoms with Gasteiger partial charge in [-0.15, -0.1) is 0 Å². The number of nitrogens with one attached hydrogen (secondary N) is 1. The minimum absolute atomic E-state index is 0.114. The summed E-state index contributed by atoms with van der Waals surface area (Å²) >= 11 is 0. The van der Waals surface area contributed by atoms with Crippen LogP contribution in [0.3, 0.4) is 0 Å². The monoisotopic (exact) mass is 372 g/mol. The molecule has 0 unspecified atom stereocenters. The van der Waals surface area contributed by atoms with Gasteiger partial charge in [0.1, 0.15) is 5.82 Å². The average molecular weight is 372 g/mol. The first-order valence-corrected chi connectivity index (χ1v) is 10.3. The molecule has 26 heavy (non-hydrogen) atoms. The van der Waals surface area contributed by atoms with Gasteiger partial charge >= 0.3 is 0 Å². The van der Waals surface area contributed by atoms with Crippen LogP contribution in [0.2, 0.25) is 0 Å². The summed E-state index contributed by atoms with van der Waals surface area (Å²) in [5.41, 5.74) is 3.84. The number of rotatable bonds is 4. The Labute approximate surface area is 151 Å². The molecule has 1 aliphatic heterocycles. The van der Waals surface area contributed by atoms with E-state index < -0.39 is 9.84 Å². The van der Waals surface area contributed by atoms with Crippen molar-refractivity contribution in [1.29, 1.82) is 0 Å². The van der Waals surface area contributed by atoms with Crippen molar-refractivity contribution in [3.8, 4) is 11.4 Å². The van der Waals surface area contributed by atoms with Crippen LogP contribution in [0.4, 0.5) is 0 Å². The lowest BCUT2D eigenvalue weighted by molar-refractivity contribution is 0.481. The zero-order chi connectivity index (χ0) is 18.3. The van der Waals surface area contributed by atoms with Crippen molar-refractivity contribution in [3.63, 3.8) is 0 Å². The van der Waals surface area contributed by atoms with Crippen molar-refractivity contribution < 1.29 is 8.42 Å². The van der Waals surface area contributed by atoms with Crippen LogP contribution in [0.15, 0.2) is 24.5 Å². The Bertz CT molecular complexity index is 1020. The van der Waals surface area contributed by atoms with Gasteiger partial charge in [0, 0.05) is 35.6 Å². The first-order valence-electron chi connectivity index (χ1n) is 8.49. The second-order valence-electron chi connectivity index (χ2n) is 6.68. The number of hydrogen-bond donors (Lipinski definition) is 1. The molecule has 4 rings (SSSR count). The highest BCUT2D eigenvalue weighted by atomic mass is 32.2. The van der Waals surface area contributed by atoms with E-state index in [1.165, 1.54) is 0 Å². The van der Waals surface area contributed by atoms with Crippen molar-refractivity contribution in [2.75, 3.05) is 11.5 Å². The molecule has 136 valence electrons. The molecule has 3 aromatic heterocycles. The van der Waals surface area contributed by atoms with E-state index in [2.05, 4.69) is 20.3 Å². The summed E-state index contributed by atoms with van der Waals surface area (Å²) in [5, 5.41) is 11.9. The number of aromatic amines is 1. The third kappa shape index (κ3) is 3.14. The van der Waals surface area contributed by atoms with E-state index in [1.54, 1.807) is 17.1 Å². The fourth-order valence-electron chi connectivity index (χ4n) is 3.35. The zero-order valence-electron chi connectivity index (χ0n) is 14.7. The molecular weight excluding hydrogens is 352 g/mol. The fourth-order valence-corrected chi connectivity index (χ4v) is 5.04. The molecular formula is C17H20N6O2S. The molecule has 0 amide bonds. The van der Waals surface area contributed by atoms with E-state index in [9.17, 15) is 8.42 Å². The van der Waals surface area contributed by atoms with Crippen LogP contribution in [-0.2, 0) is 16.3 Å². The molecule has 0 spiro atoms. The van der Waals surface area contributed by atoms with Crippen LogP contribution < -0.4 is 0 Å². The number of H-pyrrole nitrogens is 1. The van der Waals surface area contributed by atoms with Crippen LogP contribution in [-0.4, -0.2) is 49.9 Å². The highest BCUT2D eigenvalue weighted by Crippen LogP contribution is 2.27. The van der Waals surface area contributed by atoms with E-state index in [-0.39, 0.29) is 17.5 Å². The van der Waals surface area contributed by atoms with Gasteiger partial charge in [-0.05, 0) is 32.4 Å². The van der Waals surface area contributed by atoms with Crippen LogP contribution in [0, 0.1) is 13.8 Å². The van der Waals surface area contributed by atoms with Crippen LogP contribution in [0.5, 0.6) is 0 Å². The number of nitrogens with zero attached hydrogens (tertiary/aromatic N) is 5. The topological polar surface area (TPSA) is 106 Å². The summed E-state index contributed by atoms with van der Waals surface area (Å²) in [7, 11) is -3.01. The molecule has 1 N–H and O–H groups in total. The van der Waals surface area contributed by atoms with Gasteiger partial charge in [-0.3, -0.25) is 10.1 Å². The van der Waals surface area contributed by atoms with E-state index in [0.717, 1.165) is 28.3 Å². The highest BCUT2D eigenvalue weighted by Gasteiger charge is 2.32. The van der Waals surface area contributed by atoms with Gasteiger partial charge in [0.2, 0.25) is 0 Å². The Hall–Kier alpha value is -2.55. The molecule has 0 radical (unpaired) electrons. The predicted molar refractivity (Wildman–Crippen MR) is 96.4 cm³/mol. The maximum atomic E-state index is 11.9. The Morgan fingerprint density at radius 3 is 2.65 bits per heavy atom. The van der Waals surface area contributed by atoms with Gasteiger partial charge in [-0.25, -0.2) is 18.1 Å². The van der Waals surface area contributed by atoms with Crippen LogP contribution >= 0.6 is 0 Å². The van der Waals surface area contributed by atoms with Gasteiger partial charge < -0.3 is 0 Å². The normalized spacial score (nSPS) is 19.1. The van der Waals surface area contributed by atoms with Crippen molar-refractivity contribution in [3.05, 3.63) is 47.3 Å². The largest absolute Gasteiger partial charge is 0.282 e. The molecule has 0 aromatic carbocycles. The molecule has 0 saturated carbocycles. The van der Waals surface area contributed by atoms with Crippen molar-refractivity contribution >= 4 is 9.84 Å². The summed E-state index contributed by atoms with van der Waals surface area (Å²) in [6.07, 6.45) is 4.51. The summed E-state index contributed by atoms with van der Waals surface area (Å²) in [4.78, 5) is 8.74. The molecule has 1 atom stereocenters. The SMILES string of the molecule is Cc1n[nH]c(C)c1Cc1nc(-c2ccncc2)nn1[C@@H]1CCS(=O)(=O)C1. The number of aromatic nitrogens is 6.